The molecule has 0 saturated carbocycles. The number of carbonyl (C=O) groups is 2. The van der Waals surface area contributed by atoms with Crippen molar-refractivity contribution in [1.29, 1.82) is 0 Å². The summed E-state index contributed by atoms with van der Waals surface area (Å²) in [5.41, 5.74) is 0.817. The van der Waals surface area contributed by atoms with Gasteiger partial charge in [0, 0.05) is 13.5 Å². The molecule has 2 aromatic rings. The third kappa shape index (κ3) is 2.47. The molecule has 2 heterocycles. The molecule has 2 atom stereocenters. The van der Waals surface area contributed by atoms with Crippen LogP contribution in [0, 0.1) is 12.8 Å². The van der Waals surface area contributed by atoms with Crippen LogP contribution in [0.5, 0.6) is 0 Å². The highest BCUT2D eigenvalue weighted by molar-refractivity contribution is 5.92. The summed E-state index contributed by atoms with van der Waals surface area (Å²) in [4.78, 5) is 29.6. The normalized spacial score (nSPS) is 21.0. The van der Waals surface area contributed by atoms with Crippen molar-refractivity contribution >= 4 is 11.9 Å². The van der Waals surface area contributed by atoms with Crippen LogP contribution >= 0.6 is 0 Å². The second-order valence-electron chi connectivity index (χ2n) is 5.33. The summed E-state index contributed by atoms with van der Waals surface area (Å²) < 4.78 is 5.29. The molecule has 3 rings (SSSR count). The molecule has 2 unspecified atom stereocenters. The second kappa shape index (κ2) is 5.63. The van der Waals surface area contributed by atoms with E-state index in [9.17, 15) is 14.7 Å². The fourth-order valence-electron chi connectivity index (χ4n) is 2.94. The van der Waals surface area contributed by atoms with Crippen molar-refractivity contribution in [2.24, 2.45) is 5.92 Å². The minimum absolute atomic E-state index is 0.143. The van der Waals surface area contributed by atoms with Crippen LogP contribution in [0.2, 0.25) is 0 Å². The number of rotatable bonds is 3. The highest BCUT2D eigenvalue weighted by atomic mass is 16.4. The number of likely N-dealkylation sites (tertiary alicyclic amines) is 1. The number of hydrogen-bond donors (Lipinski definition) is 1. The molecule has 114 valence electrons. The molecule has 1 aliphatic rings. The molecule has 1 aromatic carbocycles. The van der Waals surface area contributed by atoms with Crippen LogP contribution in [-0.4, -0.2) is 33.4 Å². The molecule has 0 bridgehead atoms. The lowest BCUT2D eigenvalue weighted by Gasteiger charge is -2.26. The zero-order valence-electron chi connectivity index (χ0n) is 12.1. The number of hydrogen-bond acceptors (Lipinski definition) is 4. The molecule has 0 aliphatic carbocycles. The van der Waals surface area contributed by atoms with E-state index in [1.54, 1.807) is 11.8 Å². The predicted octanol–water partition coefficient (Wildman–Crippen LogP) is 2.27. The highest BCUT2D eigenvalue weighted by Gasteiger charge is 2.42. The molecule has 1 aliphatic heterocycles. The van der Waals surface area contributed by atoms with E-state index in [2.05, 4.69) is 4.98 Å². The van der Waals surface area contributed by atoms with Crippen molar-refractivity contribution in [3.8, 4) is 0 Å². The zero-order valence-corrected chi connectivity index (χ0v) is 12.1. The predicted molar refractivity (Wildman–Crippen MR) is 77.2 cm³/mol. The summed E-state index contributed by atoms with van der Waals surface area (Å²) in [6.45, 7) is 2.05. The van der Waals surface area contributed by atoms with E-state index in [-0.39, 0.29) is 11.7 Å². The first-order chi connectivity index (χ1) is 10.6. The van der Waals surface area contributed by atoms with Gasteiger partial charge in [-0.2, -0.15) is 0 Å². The van der Waals surface area contributed by atoms with Crippen molar-refractivity contribution < 1.29 is 19.1 Å². The fourth-order valence-corrected chi connectivity index (χ4v) is 2.94. The lowest BCUT2D eigenvalue weighted by molar-refractivity contribution is -0.142. The quantitative estimate of drug-likeness (QED) is 0.940. The maximum Gasteiger partial charge on any atom is 0.309 e. The molecule has 1 amide bonds. The Morgan fingerprint density at radius 2 is 2.05 bits per heavy atom. The Bertz CT molecular complexity index is 695. The van der Waals surface area contributed by atoms with Gasteiger partial charge in [0.05, 0.1) is 18.2 Å². The van der Waals surface area contributed by atoms with Gasteiger partial charge < -0.3 is 14.4 Å². The number of aliphatic carboxylic acids is 1. The molecular formula is C16H16N2O4. The third-order valence-corrected chi connectivity index (χ3v) is 3.95. The molecule has 6 heteroatoms. The fraction of sp³-hybridized carbons (Fsp3) is 0.312. The lowest BCUT2D eigenvalue weighted by Crippen LogP contribution is -2.33. The summed E-state index contributed by atoms with van der Waals surface area (Å²) in [7, 11) is 0. The molecule has 1 fully saturated rings. The first kappa shape index (κ1) is 14.3. The van der Waals surface area contributed by atoms with Gasteiger partial charge in [0.2, 0.25) is 5.76 Å². The molecule has 0 radical (unpaired) electrons. The van der Waals surface area contributed by atoms with Crippen LogP contribution in [0.25, 0.3) is 0 Å². The summed E-state index contributed by atoms with van der Waals surface area (Å²) in [5, 5.41) is 9.45. The van der Waals surface area contributed by atoms with Gasteiger partial charge in [-0.05, 0) is 12.0 Å². The van der Waals surface area contributed by atoms with Crippen molar-refractivity contribution in [3.63, 3.8) is 0 Å². The summed E-state index contributed by atoms with van der Waals surface area (Å²) in [5.74, 6) is -1.27. The second-order valence-corrected chi connectivity index (χ2v) is 5.33. The van der Waals surface area contributed by atoms with E-state index >= 15 is 0 Å². The van der Waals surface area contributed by atoms with Gasteiger partial charge in [-0.25, -0.2) is 4.98 Å². The van der Waals surface area contributed by atoms with Crippen molar-refractivity contribution in [2.75, 3.05) is 6.54 Å². The van der Waals surface area contributed by atoms with E-state index in [1.807, 2.05) is 30.3 Å². The largest absolute Gasteiger partial charge is 0.481 e. The SMILES string of the molecule is Cc1ncc(C(=O)N2CCC(C(=O)O)C2c2ccccc2)o1. The number of aromatic nitrogens is 1. The summed E-state index contributed by atoms with van der Waals surface area (Å²) in [6.07, 6.45) is 1.81. The number of oxazole rings is 1. The van der Waals surface area contributed by atoms with Crippen LogP contribution in [0.3, 0.4) is 0 Å². The molecule has 22 heavy (non-hydrogen) atoms. The first-order valence-corrected chi connectivity index (χ1v) is 7.09. The maximum atomic E-state index is 12.6. The van der Waals surface area contributed by atoms with E-state index in [1.165, 1.54) is 6.20 Å². The van der Waals surface area contributed by atoms with E-state index in [4.69, 9.17) is 4.42 Å². The van der Waals surface area contributed by atoms with Crippen LogP contribution < -0.4 is 0 Å². The summed E-state index contributed by atoms with van der Waals surface area (Å²) >= 11 is 0. The Hall–Kier alpha value is -2.63. The van der Waals surface area contributed by atoms with Crippen LogP contribution in [0.1, 0.15) is 34.5 Å². The van der Waals surface area contributed by atoms with Crippen molar-refractivity contribution in [1.82, 2.24) is 9.88 Å². The lowest BCUT2D eigenvalue weighted by atomic mass is 9.94. The van der Waals surface area contributed by atoms with Gasteiger partial charge in [0.25, 0.3) is 5.91 Å². The number of carboxylic acid groups (broad SMARTS) is 1. The Balaban J connectivity index is 1.96. The van der Waals surface area contributed by atoms with Crippen molar-refractivity contribution in [3.05, 3.63) is 53.7 Å². The van der Waals surface area contributed by atoms with E-state index < -0.39 is 17.9 Å². The van der Waals surface area contributed by atoms with E-state index in [0.29, 0.717) is 18.9 Å². The molecule has 6 nitrogen and oxygen atoms in total. The van der Waals surface area contributed by atoms with Crippen LogP contribution in [0.4, 0.5) is 0 Å². The zero-order chi connectivity index (χ0) is 15.7. The first-order valence-electron chi connectivity index (χ1n) is 7.09. The van der Waals surface area contributed by atoms with E-state index in [0.717, 1.165) is 5.56 Å². The average Bonchev–Trinajstić information content (AvgIpc) is 3.13. The Morgan fingerprint density at radius 3 is 2.64 bits per heavy atom. The van der Waals surface area contributed by atoms with Gasteiger partial charge in [0.15, 0.2) is 5.89 Å². The summed E-state index contributed by atoms with van der Waals surface area (Å²) in [6, 6.07) is 8.74. The third-order valence-electron chi connectivity index (χ3n) is 3.95. The average molecular weight is 300 g/mol. The Labute approximate surface area is 127 Å². The van der Waals surface area contributed by atoms with Crippen molar-refractivity contribution in [2.45, 2.75) is 19.4 Å². The Kier molecular flexibility index (Phi) is 3.66. The highest BCUT2D eigenvalue weighted by Crippen LogP contribution is 2.38. The number of amides is 1. The molecule has 1 N–H and O–H groups in total. The molecule has 0 spiro atoms. The minimum atomic E-state index is -0.891. The number of nitrogens with zero attached hydrogens (tertiary/aromatic N) is 2. The van der Waals surface area contributed by atoms with Gasteiger partial charge in [-0.1, -0.05) is 30.3 Å². The Morgan fingerprint density at radius 1 is 1.32 bits per heavy atom. The monoisotopic (exact) mass is 300 g/mol. The number of carbonyl (C=O) groups excluding carboxylic acids is 1. The topological polar surface area (TPSA) is 83.6 Å². The van der Waals surface area contributed by atoms with Crippen LogP contribution in [-0.2, 0) is 4.79 Å². The van der Waals surface area contributed by atoms with Gasteiger partial charge >= 0.3 is 5.97 Å². The number of carboxylic acids is 1. The van der Waals surface area contributed by atoms with Crippen LogP contribution in [0.15, 0.2) is 40.9 Å². The standard InChI is InChI=1S/C16H16N2O4/c1-10-17-9-13(22-10)15(19)18-8-7-12(16(20)21)14(18)11-5-3-2-4-6-11/h2-6,9,12,14H,7-8H2,1H3,(H,20,21). The van der Waals surface area contributed by atoms with Gasteiger partial charge in [-0.15, -0.1) is 0 Å². The number of benzene rings is 1. The van der Waals surface area contributed by atoms with Gasteiger partial charge in [-0.3, -0.25) is 9.59 Å². The molecular weight excluding hydrogens is 284 g/mol. The maximum absolute atomic E-state index is 12.6. The molecule has 1 aromatic heterocycles. The smallest absolute Gasteiger partial charge is 0.309 e. The molecule has 1 saturated heterocycles. The minimum Gasteiger partial charge on any atom is -0.481 e. The van der Waals surface area contributed by atoms with Gasteiger partial charge in [0.1, 0.15) is 0 Å². The number of aryl methyl sites for hydroxylation is 1.